The predicted molar refractivity (Wildman–Crippen MR) is 65.0 cm³/mol. The molecule has 0 radical (unpaired) electrons. The maximum Gasteiger partial charge on any atom is 0.0744 e. The molecule has 0 aliphatic rings. The van der Waals surface area contributed by atoms with Crippen LogP contribution in [0.5, 0.6) is 0 Å². The van der Waals surface area contributed by atoms with E-state index in [1.807, 2.05) is 36.7 Å². The maximum absolute atomic E-state index is 4.12. The van der Waals surface area contributed by atoms with Gasteiger partial charge in [-0.2, -0.15) is 5.10 Å². The minimum absolute atomic E-state index is 0.964. The van der Waals surface area contributed by atoms with Gasteiger partial charge in [0, 0.05) is 41.5 Å². The van der Waals surface area contributed by atoms with Gasteiger partial charge in [-0.25, -0.2) is 0 Å². The largest absolute Gasteiger partial charge is 0.277 e. The van der Waals surface area contributed by atoms with Crippen LogP contribution in [0.1, 0.15) is 0 Å². The van der Waals surface area contributed by atoms with Gasteiger partial charge in [-0.3, -0.25) is 15.1 Å². The monoisotopic (exact) mass is 222 g/mol. The summed E-state index contributed by atoms with van der Waals surface area (Å²) in [4.78, 5) is 8.23. The van der Waals surface area contributed by atoms with E-state index >= 15 is 0 Å². The average Bonchev–Trinajstić information content (AvgIpc) is 2.90. The van der Waals surface area contributed by atoms with Crippen LogP contribution in [0.3, 0.4) is 0 Å². The van der Waals surface area contributed by atoms with Gasteiger partial charge in [0.15, 0.2) is 0 Å². The van der Waals surface area contributed by atoms with E-state index in [1.54, 1.807) is 18.6 Å². The Morgan fingerprint density at radius 2 is 1.53 bits per heavy atom. The Bertz CT molecular complexity index is 548. The first-order valence-corrected chi connectivity index (χ1v) is 5.29. The summed E-state index contributed by atoms with van der Waals surface area (Å²) in [5.41, 5.74) is 4.06. The van der Waals surface area contributed by atoms with E-state index in [1.165, 1.54) is 0 Å². The SMILES string of the molecule is c1cncc(-c2cn[nH]c2-c2cccnc2)c1. The topological polar surface area (TPSA) is 54.5 Å². The molecule has 82 valence electrons. The van der Waals surface area contributed by atoms with Crippen molar-refractivity contribution in [1.82, 2.24) is 20.2 Å². The number of H-pyrrole nitrogens is 1. The maximum atomic E-state index is 4.12. The third-order valence-corrected chi connectivity index (χ3v) is 2.56. The molecule has 1 N–H and O–H groups in total. The lowest BCUT2D eigenvalue weighted by molar-refractivity contribution is 1.09. The molecule has 0 spiro atoms. The summed E-state index contributed by atoms with van der Waals surface area (Å²) in [5, 5.41) is 7.10. The van der Waals surface area contributed by atoms with Crippen molar-refractivity contribution in [2.75, 3.05) is 0 Å². The average molecular weight is 222 g/mol. The van der Waals surface area contributed by atoms with Gasteiger partial charge in [0.2, 0.25) is 0 Å². The van der Waals surface area contributed by atoms with Gasteiger partial charge in [-0.15, -0.1) is 0 Å². The second kappa shape index (κ2) is 4.17. The third kappa shape index (κ3) is 1.80. The lowest BCUT2D eigenvalue weighted by atomic mass is 10.1. The molecule has 4 nitrogen and oxygen atoms in total. The van der Waals surface area contributed by atoms with Gasteiger partial charge in [0.05, 0.1) is 11.9 Å². The normalized spacial score (nSPS) is 10.4. The number of hydrogen-bond donors (Lipinski definition) is 1. The van der Waals surface area contributed by atoms with Gasteiger partial charge in [0.25, 0.3) is 0 Å². The molecule has 0 aromatic carbocycles. The second-order valence-corrected chi connectivity index (χ2v) is 3.64. The van der Waals surface area contributed by atoms with E-state index in [4.69, 9.17) is 0 Å². The van der Waals surface area contributed by atoms with E-state index in [2.05, 4.69) is 20.2 Å². The van der Waals surface area contributed by atoms with Crippen molar-refractivity contribution in [3.05, 3.63) is 55.2 Å². The zero-order chi connectivity index (χ0) is 11.5. The zero-order valence-corrected chi connectivity index (χ0v) is 9.04. The van der Waals surface area contributed by atoms with Crippen LogP contribution < -0.4 is 0 Å². The summed E-state index contributed by atoms with van der Waals surface area (Å²) >= 11 is 0. The van der Waals surface area contributed by atoms with Crippen LogP contribution in [0.2, 0.25) is 0 Å². The smallest absolute Gasteiger partial charge is 0.0744 e. The summed E-state index contributed by atoms with van der Waals surface area (Å²) in [7, 11) is 0. The van der Waals surface area contributed by atoms with Crippen molar-refractivity contribution in [1.29, 1.82) is 0 Å². The highest BCUT2D eigenvalue weighted by Gasteiger charge is 2.09. The Morgan fingerprint density at radius 1 is 0.824 bits per heavy atom. The van der Waals surface area contributed by atoms with Gasteiger partial charge in [-0.05, 0) is 18.2 Å². The molecule has 0 saturated heterocycles. The number of rotatable bonds is 2. The van der Waals surface area contributed by atoms with Crippen molar-refractivity contribution in [2.24, 2.45) is 0 Å². The van der Waals surface area contributed by atoms with Gasteiger partial charge >= 0.3 is 0 Å². The molecule has 17 heavy (non-hydrogen) atoms. The molecule has 0 aliphatic carbocycles. The number of aromatic amines is 1. The number of hydrogen-bond acceptors (Lipinski definition) is 3. The van der Waals surface area contributed by atoms with Crippen LogP contribution in [0.15, 0.2) is 55.2 Å². The highest BCUT2D eigenvalue weighted by molar-refractivity contribution is 5.79. The van der Waals surface area contributed by atoms with E-state index in [-0.39, 0.29) is 0 Å². The predicted octanol–water partition coefficient (Wildman–Crippen LogP) is 2.53. The van der Waals surface area contributed by atoms with Crippen LogP contribution in [0, 0.1) is 0 Å². The minimum Gasteiger partial charge on any atom is -0.277 e. The molecule has 3 aromatic rings. The summed E-state index contributed by atoms with van der Waals surface area (Å²) in [6.45, 7) is 0. The molecule has 3 rings (SSSR count). The fraction of sp³-hybridized carbons (Fsp3) is 0. The Labute approximate surface area is 98.4 Å². The van der Waals surface area contributed by atoms with Crippen molar-refractivity contribution < 1.29 is 0 Å². The Kier molecular flexibility index (Phi) is 2.38. The third-order valence-electron chi connectivity index (χ3n) is 2.56. The molecule has 0 saturated carbocycles. The molecule has 0 bridgehead atoms. The molecular weight excluding hydrogens is 212 g/mol. The van der Waals surface area contributed by atoms with Crippen molar-refractivity contribution in [3.63, 3.8) is 0 Å². The number of pyridine rings is 2. The summed E-state index contributed by atoms with van der Waals surface area (Å²) in [6.07, 6.45) is 8.95. The molecule has 0 fully saturated rings. The first-order chi connectivity index (χ1) is 8.45. The first kappa shape index (κ1) is 9.72. The Hall–Kier alpha value is -2.49. The summed E-state index contributed by atoms with van der Waals surface area (Å²) < 4.78 is 0. The van der Waals surface area contributed by atoms with Crippen LogP contribution >= 0.6 is 0 Å². The lowest BCUT2D eigenvalue weighted by Gasteiger charge is -2.02. The highest BCUT2D eigenvalue weighted by Crippen LogP contribution is 2.28. The van der Waals surface area contributed by atoms with Gasteiger partial charge in [0.1, 0.15) is 0 Å². The molecule has 0 aliphatic heterocycles. The quantitative estimate of drug-likeness (QED) is 0.724. The van der Waals surface area contributed by atoms with Crippen molar-refractivity contribution in [3.8, 4) is 22.4 Å². The van der Waals surface area contributed by atoms with Crippen LogP contribution in [0.4, 0.5) is 0 Å². The van der Waals surface area contributed by atoms with Crippen molar-refractivity contribution in [2.45, 2.75) is 0 Å². The fourth-order valence-corrected chi connectivity index (χ4v) is 1.76. The first-order valence-electron chi connectivity index (χ1n) is 5.29. The highest BCUT2D eigenvalue weighted by atomic mass is 15.1. The van der Waals surface area contributed by atoms with E-state index < -0.39 is 0 Å². The molecule has 4 heteroatoms. The van der Waals surface area contributed by atoms with Gasteiger partial charge in [-0.1, -0.05) is 6.07 Å². The molecule has 3 heterocycles. The summed E-state index contributed by atoms with van der Waals surface area (Å²) in [6, 6.07) is 7.83. The van der Waals surface area contributed by atoms with Crippen LogP contribution in [-0.2, 0) is 0 Å². The Morgan fingerprint density at radius 3 is 2.18 bits per heavy atom. The Balaban J connectivity index is 2.13. The van der Waals surface area contributed by atoms with E-state index in [0.717, 1.165) is 22.4 Å². The fourth-order valence-electron chi connectivity index (χ4n) is 1.76. The number of nitrogens with zero attached hydrogens (tertiary/aromatic N) is 3. The van der Waals surface area contributed by atoms with E-state index in [9.17, 15) is 0 Å². The zero-order valence-electron chi connectivity index (χ0n) is 9.04. The van der Waals surface area contributed by atoms with Crippen molar-refractivity contribution >= 4 is 0 Å². The van der Waals surface area contributed by atoms with Gasteiger partial charge < -0.3 is 0 Å². The number of aromatic nitrogens is 4. The molecular formula is C13H10N4. The standard InChI is InChI=1S/C13H10N4/c1-3-10(7-14-5-1)12-9-16-17-13(12)11-4-2-6-15-8-11/h1-9H,(H,16,17). The molecule has 3 aromatic heterocycles. The number of nitrogens with one attached hydrogen (secondary N) is 1. The minimum atomic E-state index is 0.964. The molecule has 0 unspecified atom stereocenters. The lowest BCUT2D eigenvalue weighted by Crippen LogP contribution is -1.84. The summed E-state index contributed by atoms with van der Waals surface area (Å²) in [5.74, 6) is 0. The van der Waals surface area contributed by atoms with Crippen LogP contribution in [0.25, 0.3) is 22.4 Å². The molecule has 0 amide bonds. The van der Waals surface area contributed by atoms with Crippen LogP contribution in [-0.4, -0.2) is 20.2 Å². The second-order valence-electron chi connectivity index (χ2n) is 3.64. The van der Waals surface area contributed by atoms with E-state index in [0.29, 0.717) is 0 Å². The molecule has 0 atom stereocenters.